The maximum atomic E-state index is 8.70. The minimum absolute atomic E-state index is 0. The maximum absolute atomic E-state index is 8.70. The quantitative estimate of drug-likeness (QED) is 0.600. The van der Waals surface area contributed by atoms with Gasteiger partial charge in [0.25, 0.3) is 0 Å². The SMILES string of the molecule is Br.CCP(CC)CC.CCP(CC)CC.O=[P+](O)O. The zero-order valence-electron chi connectivity index (χ0n) is 13.3. The van der Waals surface area contributed by atoms with Crippen LogP contribution in [0, 0.1) is 0 Å². The topological polar surface area (TPSA) is 57.5 Å². The van der Waals surface area contributed by atoms with E-state index in [1.807, 2.05) is 0 Å². The van der Waals surface area contributed by atoms with Crippen molar-refractivity contribution in [2.45, 2.75) is 41.5 Å². The van der Waals surface area contributed by atoms with E-state index >= 15 is 0 Å². The molecule has 120 valence electrons. The Bertz CT molecular complexity index is 139. The lowest BCUT2D eigenvalue weighted by Gasteiger charge is -2.07. The van der Waals surface area contributed by atoms with Crippen molar-refractivity contribution >= 4 is 41.1 Å². The largest absolute Gasteiger partial charge is 0.692 e. The monoisotopic (exact) mass is 397 g/mol. The Morgan fingerprint density at radius 2 is 0.789 bits per heavy atom. The molecule has 0 amide bonds. The lowest BCUT2D eigenvalue weighted by atomic mass is 10.9. The fourth-order valence-electron chi connectivity index (χ4n) is 1.34. The van der Waals surface area contributed by atoms with Crippen LogP contribution in [0.4, 0.5) is 0 Å². The van der Waals surface area contributed by atoms with Crippen LogP contribution < -0.4 is 0 Å². The van der Waals surface area contributed by atoms with E-state index in [1.165, 1.54) is 37.0 Å². The number of halogens is 1. The normalized spacial score (nSPS) is 8.95. The van der Waals surface area contributed by atoms with Crippen molar-refractivity contribution in [3.63, 3.8) is 0 Å². The highest BCUT2D eigenvalue weighted by Crippen LogP contribution is 2.32. The minimum atomic E-state index is -2.87. The summed E-state index contributed by atoms with van der Waals surface area (Å²) in [4.78, 5) is 14.2. The molecule has 0 atom stereocenters. The van der Waals surface area contributed by atoms with E-state index in [9.17, 15) is 0 Å². The lowest BCUT2D eigenvalue weighted by molar-refractivity contribution is 0.405. The van der Waals surface area contributed by atoms with Crippen LogP contribution in [0.15, 0.2) is 0 Å². The van der Waals surface area contributed by atoms with Gasteiger partial charge in [0, 0.05) is 4.57 Å². The van der Waals surface area contributed by atoms with E-state index in [2.05, 4.69) is 41.5 Å². The average Bonchev–Trinajstić information content (AvgIpc) is 2.34. The number of hydrogen-bond donors (Lipinski definition) is 2. The van der Waals surface area contributed by atoms with E-state index in [1.54, 1.807) is 0 Å². The molecule has 0 heterocycles. The third-order valence-electron chi connectivity index (χ3n) is 2.68. The van der Waals surface area contributed by atoms with Crippen molar-refractivity contribution in [2.24, 2.45) is 0 Å². The number of rotatable bonds is 6. The lowest BCUT2D eigenvalue weighted by Crippen LogP contribution is -1.83. The van der Waals surface area contributed by atoms with Gasteiger partial charge in [-0.25, -0.2) is 0 Å². The fourth-order valence-corrected chi connectivity index (χ4v) is 4.02. The molecule has 0 saturated heterocycles. The molecule has 0 aliphatic heterocycles. The van der Waals surface area contributed by atoms with Crippen LogP contribution in [0.2, 0.25) is 0 Å². The predicted molar refractivity (Wildman–Crippen MR) is 99.5 cm³/mol. The molecule has 0 aliphatic carbocycles. The molecular weight excluding hydrogens is 365 g/mol. The first-order valence-corrected chi connectivity index (χ1v) is 11.7. The Morgan fingerprint density at radius 1 is 0.684 bits per heavy atom. The molecule has 0 aliphatic rings. The summed E-state index contributed by atoms with van der Waals surface area (Å²) in [6.45, 7) is 13.7. The van der Waals surface area contributed by atoms with Gasteiger partial charge < -0.3 is 0 Å². The van der Waals surface area contributed by atoms with Gasteiger partial charge in [0.1, 0.15) is 0 Å². The van der Waals surface area contributed by atoms with Crippen LogP contribution in [0.25, 0.3) is 0 Å². The molecule has 0 spiro atoms. The molecular formula is C12H33BrO3P3+. The van der Waals surface area contributed by atoms with E-state index in [-0.39, 0.29) is 17.0 Å². The molecule has 0 aromatic rings. The van der Waals surface area contributed by atoms with Gasteiger partial charge in [0.15, 0.2) is 0 Å². The van der Waals surface area contributed by atoms with Gasteiger partial charge in [-0.3, -0.25) is 0 Å². The second-order valence-electron chi connectivity index (χ2n) is 3.49. The van der Waals surface area contributed by atoms with Crippen molar-refractivity contribution in [1.82, 2.24) is 0 Å². The first-order chi connectivity index (χ1) is 8.42. The molecule has 0 bridgehead atoms. The first-order valence-electron chi connectivity index (χ1n) is 6.72. The van der Waals surface area contributed by atoms with Crippen LogP contribution in [0.3, 0.4) is 0 Å². The predicted octanol–water partition coefficient (Wildman–Crippen LogP) is 5.26. The summed E-state index contributed by atoms with van der Waals surface area (Å²) < 4.78 is 8.70. The van der Waals surface area contributed by atoms with Crippen molar-refractivity contribution in [3.8, 4) is 0 Å². The van der Waals surface area contributed by atoms with Crippen LogP contribution in [-0.2, 0) is 4.57 Å². The molecule has 0 saturated carbocycles. The van der Waals surface area contributed by atoms with Gasteiger partial charge in [-0.15, -0.1) is 42.6 Å². The van der Waals surface area contributed by atoms with Crippen molar-refractivity contribution < 1.29 is 14.4 Å². The summed E-state index contributed by atoms with van der Waals surface area (Å²) >= 11 is 0. The summed E-state index contributed by atoms with van der Waals surface area (Å²) in [7, 11) is -1.98. The molecule has 2 N–H and O–H groups in total. The van der Waals surface area contributed by atoms with Gasteiger partial charge in [0.05, 0.1) is 0 Å². The average molecular weight is 398 g/mol. The van der Waals surface area contributed by atoms with E-state index in [4.69, 9.17) is 14.4 Å². The minimum Gasteiger partial charge on any atom is -0.134 e. The first kappa shape index (κ1) is 28.5. The zero-order chi connectivity index (χ0) is 15.0. The summed E-state index contributed by atoms with van der Waals surface area (Å²) in [6.07, 6.45) is 8.51. The van der Waals surface area contributed by atoms with E-state index < -0.39 is 8.25 Å². The molecule has 0 aromatic carbocycles. The molecule has 0 unspecified atom stereocenters. The fraction of sp³-hybridized carbons (Fsp3) is 1.00. The maximum Gasteiger partial charge on any atom is 0.692 e. The van der Waals surface area contributed by atoms with E-state index in [0.717, 1.165) is 0 Å². The summed E-state index contributed by atoms with van der Waals surface area (Å²) in [5.41, 5.74) is 0. The van der Waals surface area contributed by atoms with Crippen LogP contribution >= 0.6 is 41.1 Å². The van der Waals surface area contributed by atoms with Gasteiger partial charge in [-0.2, -0.15) is 0 Å². The van der Waals surface area contributed by atoms with Gasteiger partial charge in [0.2, 0.25) is 0 Å². The summed E-state index contributed by atoms with van der Waals surface area (Å²) in [5.74, 6) is 0. The Balaban J connectivity index is -0.0000000900. The van der Waals surface area contributed by atoms with Crippen molar-refractivity contribution in [1.29, 1.82) is 0 Å². The van der Waals surface area contributed by atoms with Crippen molar-refractivity contribution in [2.75, 3.05) is 37.0 Å². The Morgan fingerprint density at radius 3 is 0.789 bits per heavy atom. The van der Waals surface area contributed by atoms with Gasteiger partial charge >= 0.3 is 8.25 Å². The highest BCUT2D eigenvalue weighted by molar-refractivity contribution is 8.93. The second kappa shape index (κ2) is 24.4. The molecule has 7 heteroatoms. The third kappa shape index (κ3) is 32.7. The van der Waals surface area contributed by atoms with Crippen LogP contribution in [0.5, 0.6) is 0 Å². The highest BCUT2D eigenvalue weighted by Gasteiger charge is 1.95. The zero-order valence-corrected chi connectivity index (χ0v) is 17.7. The summed E-state index contributed by atoms with van der Waals surface area (Å²) in [5, 5.41) is 0. The van der Waals surface area contributed by atoms with Crippen LogP contribution in [0.1, 0.15) is 41.5 Å². The number of hydrogen-bond acceptors (Lipinski definition) is 1. The third-order valence-corrected chi connectivity index (χ3v) is 8.05. The van der Waals surface area contributed by atoms with E-state index in [0.29, 0.717) is 15.8 Å². The Hall–Kier alpha value is 1.36. The molecule has 3 nitrogen and oxygen atoms in total. The molecule has 0 aromatic heterocycles. The molecule has 0 radical (unpaired) electrons. The molecule has 0 fully saturated rings. The van der Waals surface area contributed by atoms with Gasteiger partial charge in [-0.1, -0.05) is 41.5 Å². The van der Waals surface area contributed by atoms with Crippen LogP contribution in [-0.4, -0.2) is 46.8 Å². The Labute approximate surface area is 134 Å². The molecule has 19 heavy (non-hydrogen) atoms. The second-order valence-corrected chi connectivity index (χ2v) is 10.5. The standard InChI is InChI=1S/2C6H15P.BrH.HO3P/c2*1-4-7(5-2)6-3;;1-4(2)3/h2*4-6H2,1-3H3;1H;(H-,1,2,3)/p+1. The van der Waals surface area contributed by atoms with Gasteiger partial charge in [-0.05, 0) is 37.0 Å². The Kier molecular flexibility index (Phi) is 36.6. The summed E-state index contributed by atoms with van der Waals surface area (Å²) in [6, 6.07) is 0. The van der Waals surface area contributed by atoms with Crippen molar-refractivity contribution in [3.05, 3.63) is 0 Å². The highest BCUT2D eigenvalue weighted by atomic mass is 79.9. The smallest absolute Gasteiger partial charge is 0.134 e. The molecule has 0 rings (SSSR count).